The van der Waals surface area contributed by atoms with Crippen LogP contribution in [0.1, 0.15) is 19.7 Å². The maximum absolute atomic E-state index is 12.3. The number of aryl methyl sites for hydroxylation is 1. The van der Waals surface area contributed by atoms with Crippen LogP contribution in [-0.2, 0) is 4.79 Å². The minimum Gasteiger partial charge on any atom is -0.480 e. The van der Waals surface area contributed by atoms with Gasteiger partial charge in [0.25, 0.3) is 0 Å². The van der Waals surface area contributed by atoms with E-state index in [4.69, 9.17) is 0 Å². The van der Waals surface area contributed by atoms with Gasteiger partial charge in [0.2, 0.25) is 5.13 Å². The molecule has 0 aromatic carbocycles. The van der Waals surface area contributed by atoms with Crippen LogP contribution in [0, 0.1) is 12.8 Å². The lowest BCUT2D eigenvalue weighted by Crippen LogP contribution is -2.49. The predicted molar refractivity (Wildman–Crippen MR) is 78.0 cm³/mol. The first kappa shape index (κ1) is 15.0. The molecule has 1 aromatic heterocycles. The van der Waals surface area contributed by atoms with Gasteiger partial charge in [-0.25, -0.2) is 14.6 Å². The Balaban J connectivity index is 2.16. The molecular formula is C11H16N4O3S2. The fourth-order valence-corrected chi connectivity index (χ4v) is 4.03. The van der Waals surface area contributed by atoms with E-state index in [0.717, 1.165) is 11.5 Å². The summed E-state index contributed by atoms with van der Waals surface area (Å²) in [5.41, 5.74) is 0. The molecule has 9 heteroatoms. The number of aliphatic carboxylic acids is 1. The van der Waals surface area contributed by atoms with E-state index in [1.54, 1.807) is 6.92 Å². The van der Waals surface area contributed by atoms with Crippen molar-refractivity contribution in [3.63, 3.8) is 0 Å². The second kappa shape index (κ2) is 5.96. The fourth-order valence-electron chi connectivity index (χ4n) is 1.99. The van der Waals surface area contributed by atoms with Crippen molar-refractivity contribution in [2.75, 3.05) is 11.1 Å². The van der Waals surface area contributed by atoms with Crippen LogP contribution >= 0.6 is 23.3 Å². The van der Waals surface area contributed by atoms with Crippen molar-refractivity contribution in [2.45, 2.75) is 32.2 Å². The maximum Gasteiger partial charge on any atom is 0.327 e. The number of urea groups is 1. The van der Waals surface area contributed by atoms with Gasteiger partial charge in [-0.3, -0.25) is 10.2 Å². The zero-order valence-corrected chi connectivity index (χ0v) is 13.0. The summed E-state index contributed by atoms with van der Waals surface area (Å²) in [4.78, 5) is 29.1. The third-order valence-corrected chi connectivity index (χ3v) is 5.21. The number of thioether (sulfide) groups is 1. The zero-order valence-electron chi connectivity index (χ0n) is 11.4. The van der Waals surface area contributed by atoms with Crippen molar-refractivity contribution in [3.05, 3.63) is 5.82 Å². The van der Waals surface area contributed by atoms with Crippen LogP contribution in [0.2, 0.25) is 0 Å². The monoisotopic (exact) mass is 316 g/mol. The number of nitrogens with one attached hydrogen (secondary N) is 1. The minimum absolute atomic E-state index is 0.148. The van der Waals surface area contributed by atoms with Crippen LogP contribution in [0.5, 0.6) is 0 Å². The van der Waals surface area contributed by atoms with Gasteiger partial charge in [0.15, 0.2) is 0 Å². The van der Waals surface area contributed by atoms with Gasteiger partial charge >= 0.3 is 12.0 Å². The maximum atomic E-state index is 12.3. The van der Waals surface area contributed by atoms with E-state index in [0.29, 0.717) is 16.7 Å². The van der Waals surface area contributed by atoms with Gasteiger partial charge in [0.1, 0.15) is 11.9 Å². The summed E-state index contributed by atoms with van der Waals surface area (Å²) in [7, 11) is 0. The highest BCUT2D eigenvalue weighted by Crippen LogP contribution is 2.34. The first-order valence-electron chi connectivity index (χ1n) is 6.14. The number of amides is 2. The number of aromatic nitrogens is 2. The van der Waals surface area contributed by atoms with Crippen LogP contribution in [0.25, 0.3) is 0 Å². The van der Waals surface area contributed by atoms with Crippen LogP contribution in [0.4, 0.5) is 9.93 Å². The average molecular weight is 316 g/mol. The van der Waals surface area contributed by atoms with Gasteiger partial charge in [0, 0.05) is 17.3 Å². The van der Waals surface area contributed by atoms with E-state index in [1.807, 2.05) is 13.8 Å². The lowest BCUT2D eigenvalue weighted by molar-refractivity contribution is -0.141. The molecule has 2 N–H and O–H groups in total. The summed E-state index contributed by atoms with van der Waals surface area (Å²) < 4.78 is 3.98. The number of carboxylic acids is 1. The van der Waals surface area contributed by atoms with Crippen molar-refractivity contribution in [2.24, 2.45) is 5.92 Å². The molecule has 0 aliphatic carbocycles. The number of carboxylic acid groups (broad SMARTS) is 1. The summed E-state index contributed by atoms with van der Waals surface area (Å²) in [5.74, 6) is 0.174. The first-order chi connectivity index (χ1) is 9.40. The van der Waals surface area contributed by atoms with Gasteiger partial charge in [-0.15, -0.1) is 11.8 Å². The Morgan fingerprint density at radius 1 is 1.50 bits per heavy atom. The molecule has 0 radical (unpaired) electrons. The molecule has 1 aliphatic heterocycles. The lowest BCUT2D eigenvalue weighted by atomic mass is 10.2. The molecule has 7 nitrogen and oxygen atoms in total. The van der Waals surface area contributed by atoms with E-state index in [-0.39, 0.29) is 11.3 Å². The van der Waals surface area contributed by atoms with Crippen LogP contribution in [0.3, 0.4) is 0 Å². The van der Waals surface area contributed by atoms with E-state index < -0.39 is 18.0 Å². The van der Waals surface area contributed by atoms with Gasteiger partial charge in [-0.2, -0.15) is 4.37 Å². The SMILES string of the molecule is Cc1nsc(NC(=O)N2C(C(=O)O)CSC2C(C)C)n1. The summed E-state index contributed by atoms with van der Waals surface area (Å²) in [6.07, 6.45) is 0. The molecule has 2 amide bonds. The molecule has 2 heterocycles. The number of carbonyl (C=O) groups is 2. The number of carbonyl (C=O) groups excluding carboxylic acids is 1. The van der Waals surface area contributed by atoms with Crippen LogP contribution < -0.4 is 5.32 Å². The third-order valence-electron chi connectivity index (χ3n) is 2.87. The zero-order chi connectivity index (χ0) is 14.9. The first-order valence-corrected chi connectivity index (χ1v) is 7.96. The van der Waals surface area contributed by atoms with Crippen LogP contribution in [-0.4, -0.2) is 48.5 Å². The molecule has 2 rings (SSSR count). The summed E-state index contributed by atoms with van der Waals surface area (Å²) >= 11 is 2.57. The van der Waals surface area contributed by atoms with Gasteiger partial charge in [-0.1, -0.05) is 13.8 Å². The van der Waals surface area contributed by atoms with Gasteiger partial charge in [0.05, 0.1) is 5.37 Å². The van der Waals surface area contributed by atoms with Gasteiger partial charge in [-0.05, 0) is 12.8 Å². The van der Waals surface area contributed by atoms with E-state index in [1.165, 1.54) is 16.7 Å². The highest BCUT2D eigenvalue weighted by atomic mass is 32.2. The summed E-state index contributed by atoms with van der Waals surface area (Å²) in [6, 6.07) is -1.24. The molecule has 2 atom stereocenters. The van der Waals surface area contributed by atoms with Crippen molar-refractivity contribution >= 4 is 40.4 Å². The fraction of sp³-hybridized carbons (Fsp3) is 0.636. The second-order valence-electron chi connectivity index (χ2n) is 4.81. The Labute approximate surface area is 124 Å². The molecule has 1 aliphatic rings. The van der Waals surface area contributed by atoms with E-state index in [2.05, 4.69) is 14.7 Å². The predicted octanol–water partition coefficient (Wildman–Crippen LogP) is 1.86. The topological polar surface area (TPSA) is 95.4 Å². The van der Waals surface area contributed by atoms with E-state index >= 15 is 0 Å². The minimum atomic E-state index is -0.982. The molecule has 1 fully saturated rings. The molecular weight excluding hydrogens is 300 g/mol. The van der Waals surface area contributed by atoms with Gasteiger partial charge < -0.3 is 5.11 Å². The molecule has 0 saturated carbocycles. The molecule has 1 aromatic rings. The van der Waals surface area contributed by atoms with Crippen molar-refractivity contribution in [1.29, 1.82) is 0 Å². The number of anilines is 1. The number of hydrogen-bond acceptors (Lipinski definition) is 6. The summed E-state index contributed by atoms with van der Waals surface area (Å²) in [6.45, 7) is 5.67. The quantitative estimate of drug-likeness (QED) is 0.884. The largest absolute Gasteiger partial charge is 0.480 e. The van der Waals surface area contributed by atoms with Crippen LogP contribution in [0.15, 0.2) is 0 Å². The van der Waals surface area contributed by atoms with Crippen molar-refractivity contribution in [1.82, 2.24) is 14.3 Å². The molecule has 110 valence electrons. The highest BCUT2D eigenvalue weighted by molar-refractivity contribution is 8.00. The Morgan fingerprint density at radius 3 is 2.70 bits per heavy atom. The average Bonchev–Trinajstić information content (AvgIpc) is 2.95. The Kier molecular flexibility index (Phi) is 4.48. The van der Waals surface area contributed by atoms with E-state index in [9.17, 15) is 14.7 Å². The number of rotatable bonds is 3. The lowest BCUT2D eigenvalue weighted by Gasteiger charge is -2.29. The molecule has 0 bridgehead atoms. The Morgan fingerprint density at radius 2 is 2.20 bits per heavy atom. The normalized spacial score (nSPS) is 22.3. The molecule has 0 spiro atoms. The standard InChI is InChI=1S/C11H16N4O3S2/c1-5(2)8-15(7(4-19-8)9(16)17)11(18)13-10-12-6(3)14-20-10/h5,7-8H,4H2,1-3H3,(H,16,17)(H,12,13,14,18). The Bertz CT molecular complexity index is 520. The Hall–Kier alpha value is -1.35. The number of hydrogen-bond donors (Lipinski definition) is 2. The van der Waals surface area contributed by atoms with Crippen molar-refractivity contribution in [3.8, 4) is 0 Å². The molecule has 1 saturated heterocycles. The molecule has 20 heavy (non-hydrogen) atoms. The van der Waals surface area contributed by atoms with Crippen molar-refractivity contribution < 1.29 is 14.7 Å². The summed E-state index contributed by atoms with van der Waals surface area (Å²) in [5, 5.41) is 12.1. The number of nitrogens with zero attached hydrogens (tertiary/aromatic N) is 3. The molecule has 2 unspecified atom stereocenters. The smallest absolute Gasteiger partial charge is 0.327 e. The third kappa shape index (κ3) is 3.04. The highest BCUT2D eigenvalue weighted by Gasteiger charge is 2.43. The second-order valence-corrected chi connectivity index (χ2v) is 6.71.